The first-order valence-electron chi connectivity index (χ1n) is 8.53. The van der Waals surface area contributed by atoms with Gasteiger partial charge in [0, 0.05) is 19.1 Å². The number of nitrogens with one attached hydrogen (secondary N) is 1. The van der Waals surface area contributed by atoms with Gasteiger partial charge in [0.2, 0.25) is 18.6 Å². The van der Waals surface area contributed by atoms with Gasteiger partial charge in [0.1, 0.15) is 0 Å². The van der Waals surface area contributed by atoms with Crippen LogP contribution in [0.4, 0.5) is 0 Å². The predicted molar refractivity (Wildman–Crippen MR) is 94.4 cm³/mol. The second-order valence-corrected chi connectivity index (χ2v) is 6.49. The average molecular weight is 349 g/mol. The van der Waals surface area contributed by atoms with E-state index in [9.17, 15) is 9.59 Å². The molecule has 1 aliphatic heterocycles. The molecule has 0 aliphatic carbocycles. The monoisotopic (exact) mass is 349 g/mol. The van der Waals surface area contributed by atoms with Crippen molar-refractivity contribution in [3.63, 3.8) is 0 Å². The van der Waals surface area contributed by atoms with Crippen LogP contribution in [0.15, 0.2) is 18.2 Å². The molecule has 2 amide bonds. The van der Waals surface area contributed by atoms with E-state index in [0.717, 1.165) is 11.3 Å². The lowest BCUT2D eigenvalue weighted by atomic mass is 10.2. The summed E-state index contributed by atoms with van der Waals surface area (Å²) in [5.41, 5.74) is 0.986. The molecule has 1 N–H and O–H groups in total. The van der Waals surface area contributed by atoms with Crippen molar-refractivity contribution in [1.29, 1.82) is 0 Å². The van der Waals surface area contributed by atoms with Gasteiger partial charge in [-0.15, -0.1) is 0 Å². The second kappa shape index (κ2) is 8.71. The Hall–Kier alpha value is -2.28. The molecule has 0 fully saturated rings. The van der Waals surface area contributed by atoms with Crippen molar-refractivity contribution < 1.29 is 19.1 Å². The van der Waals surface area contributed by atoms with Crippen molar-refractivity contribution in [3.05, 3.63) is 23.8 Å². The highest BCUT2D eigenvalue weighted by Gasteiger charge is 2.18. The van der Waals surface area contributed by atoms with Crippen molar-refractivity contribution in [3.8, 4) is 11.5 Å². The molecule has 0 atom stereocenters. The van der Waals surface area contributed by atoms with Crippen LogP contribution >= 0.6 is 0 Å². The lowest BCUT2D eigenvalue weighted by Crippen LogP contribution is -2.43. The fourth-order valence-electron chi connectivity index (χ4n) is 2.64. The number of benzene rings is 1. The summed E-state index contributed by atoms with van der Waals surface area (Å²) in [7, 11) is 1.77. The maximum absolute atomic E-state index is 12.5. The molecule has 25 heavy (non-hydrogen) atoms. The lowest BCUT2D eigenvalue weighted by Gasteiger charge is -2.24. The molecule has 0 radical (unpaired) electrons. The second-order valence-electron chi connectivity index (χ2n) is 6.49. The third-order valence-electron chi connectivity index (χ3n) is 3.81. The normalized spacial score (nSPS) is 12.6. The van der Waals surface area contributed by atoms with E-state index in [1.807, 2.05) is 39.0 Å². The first kappa shape index (κ1) is 19.1. The van der Waals surface area contributed by atoms with E-state index in [0.29, 0.717) is 18.8 Å². The number of ether oxygens (including phenoxy) is 2. The van der Waals surface area contributed by atoms with Gasteiger partial charge in [-0.3, -0.25) is 14.5 Å². The quantitative estimate of drug-likeness (QED) is 0.764. The van der Waals surface area contributed by atoms with Crippen molar-refractivity contribution in [1.82, 2.24) is 15.1 Å². The summed E-state index contributed by atoms with van der Waals surface area (Å²) in [6, 6.07) is 5.79. The largest absolute Gasteiger partial charge is 0.454 e. The molecule has 7 nitrogen and oxygen atoms in total. The SMILES string of the molecule is CCN(Cc1ccc2c(c1)OCO2)C(=O)CN(C)CC(=O)NC(C)C. The number of hydrogen-bond donors (Lipinski definition) is 1. The number of carbonyl (C=O) groups excluding carboxylic acids is 2. The summed E-state index contributed by atoms with van der Waals surface area (Å²) >= 11 is 0. The fourth-order valence-corrected chi connectivity index (χ4v) is 2.64. The first-order valence-corrected chi connectivity index (χ1v) is 8.53. The standard InChI is InChI=1S/C18H27N3O4/c1-5-21(9-14-6-7-15-16(8-14)25-12-24-15)18(23)11-20(4)10-17(22)19-13(2)3/h6-8,13H,5,9-12H2,1-4H3,(H,19,22). The van der Waals surface area contributed by atoms with Crippen molar-refractivity contribution in [2.45, 2.75) is 33.4 Å². The molecule has 1 aromatic carbocycles. The predicted octanol–water partition coefficient (Wildman–Crippen LogP) is 1.22. The number of likely N-dealkylation sites (N-methyl/N-ethyl adjacent to an activating group) is 2. The van der Waals surface area contributed by atoms with E-state index < -0.39 is 0 Å². The van der Waals surface area contributed by atoms with E-state index in [1.165, 1.54) is 0 Å². The molecule has 1 heterocycles. The van der Waals surface area contributed by atoms with Gasteiger partial charge in [0.15, 0.2) is 11.5 Å². The molecule has 0 saturated heterocycles. The summed E-state index contributed by atoms with van der Waals surface area (Å²) in [6.45, 7) is 7.49. The Morgan fingerprint density at radius 1 is 1.20 bits per heavy atom. The van der Waals surface area contributed by atoms with Crippen molar-refractivity contribution in [2.75, 3.05) is 33.5 Å². The van der Waals surface area contributed by atoms with E-state index in [1.54, 1.807) is 16.8 Å². The maximum atomic E-state index is 12.5. The van der Waals surface area contributed by atoms with Gasteiger partial charge in [-0.05, 0) is 45.5 Å². The van der Waals surface area contributed by atoms with Gasteiger partial charge in [-0.1, -0.05) is 6.07 Å². The highest BCUT2D eigenvalue weighted by Crippen LogP contribution is 2.32. The van der Waals surface area contributed by atoms with Crippen LogP contribution in [0.3, 0.4) is 0 Å². The van der Waals surface area contributed by atoms with Crippen LogP contribution in [0.2, 0.25) is 0 Å². The minimum Gasteiger partial charge on any atom is -0.454 e. The first-order chi connectivity index (χ1) is 11.9. The number of carbonyl (C=O) groups is 2. The molecule has 2 rings (SSSR count). The van der Waals surface area contributed by atoms with Gasteiger partial charge < -0.3 is 19.7 Å². The highest BCUT2D eigenvalue weighted by atomic mass is 16.7. The van der Waals surface area contributed by atoms with Crippen molar-refractivity contribution in [2.24, 2.45) is 0 Å². The molecule has 1 aliphatic rings. The van der Waals surface area contributed by atoms with Gasteiger partial charge >= 0.3 is 0 Å². The summed E-state index contributed by atoms with van der Waals surface area (Å²) in [5, 5.41) is 2.82. The van der Waals surface area contributed by atoms with Crippen LogP contribution in [-0.4, -0.2) is 61.1 Å². The molecular weight excluding hydrogens is 322 g/mol. The maximum Gasteiger partial charge on any atom is 0.237 e. The van der Waals surface area contributed by atoms with Gasteiger partial charge in [0.05, 0.1) is 13.1 Å². The average Bonchev–Trinajstić information content (AvgIpc) is 2.98. The zero-order valence-corrected chi connectivity index (χ0v) is 15.4. The topological polar surface area (TPSA) is 71.1 Å². The Balaban J connectivity index is 1.88. The van der Waals surface area contributed by atoms with Crippen molar-refractivity contribution >= 4 is 11.8 Å². The minimum absolute atomic E-state index is 0.0139. The molecule has 0 aromatic heterocycles. The number of amides is 2. The molecule has 7 heteroatoms. The van der Waals surface area contributed by atoms with Crippen LogP contribution < -0.4 is 14.8 Å². The van der Waals surface area contributed by atoms with Crippen LogP contribution in [0.1, 0.15) is 26.3 Å². The van der Waals surface area contributed by atoms with Gasteiger partial charge in [-0.25, -0.2) is 0 Å². The van der Waals surface area contributed by atoms with Crippen LogP contribution in [0, 0.1) is 0 Å². The summed E-state index contributed by atoms with van der Waals surface area (Å²) in [4.78, 5) is 27.8. The zero-order valence-electron chi connectivity index (χ0n) is 15.4. The van der Waals surface area contributed by atoms with E-state index >= 15 is 0 Å². The van der Waals surface area contributed by atoms with E-state index in [2.05, 4.69) is 5.32 Å². The Labute approximate surface area is 148 Å². The van der Waals surface area contributed by atoms with Crippen LogP contribution in [0.5, 0.6) is 11.5 Å². The third kappa shape index (κ3) is 5.63. The minimum atomic E-state index is -0.0795. The lowest BCUT2D eigenvalue weighted by molar-refractivity contribution is -0.133. The van der Waals surface area contributed by atoms with Gasteiger partial charge in [-0.2, -0.15) is 0 Å². The summed E-state index contributed by atoms with van der Waals surface area (Å²) in [6.07, 6.45) is 0. The Bertz CT molecular complexity index is 618. The van der Waals surface area contributed by atoms with Crippen LogP contribution in [0.25, 0.3) is 0 Å². The Kier molecular flexibility index (Phi) is 6.64. The summed E-state index contributed by atoms with van der Waals surface area (Å²) < 4.78 is 10.7. The Morgan fingerprint density at radius 3 is 2.60 bits per heavy atom. The van der Waals surface area contributed by atoms with Gasteiger partial charge in [0.25, 0.3) is 0 Å². The van der Waals surface area contributed by atoms with E-state index in [4.69, 9.17) is 9.47 Å². The summed E-state index contributed by atoms with van der Waals surface area (Å²) in [5.74, 6) is 1.35. The molecule has 0 spiro atoms. The fraction of sp³-hybridized carbons (Fsp3) is 0.556. The number of hydrogen-bond acceptors (Lipinski definition) is 5. The molecule has 0 saturated carbocycles. The Morgan fingerprint density at radius 2 is 1.92 bits per heavy atom. The third-order valence-corrected chi connectivity index (χ3v) is 3.81. The number of nitrogens with zero attached hydrogens (tertiary/aromatic N) is 2. The smallest absolute Gasteiger partial charge is 0.237 e. The highest BCUT2D eigenvalue weighted by molar-refractivity contribution is 5.81. The molecule has 1 aromatic rings. The molecule has 138 valence electrons. The van der Waals surface area contributed by atoms with E-state index in [-0.39, 0.29) is 37.7 Å². The number of fused-ring (bicyclic) bond motifs is 1. The molecule has 0 unspecified atom stereocenters. The zero-order chi connectivity index (χ0) is 18.4. The van der Waals surface area contributed by atoms with Crippen LogP contribution in [-0.2, 0) is 16.1 Å². The molecular formula is C18H27N3O4. The molecule has 0 bridgehead atoms. The number of rotatable bonds is 8.